The Morgan fingerprint density at radius 1 is 0.846 bits per heavy atom. The fourth-order valence-electron chi connectivity index (χ4n) is 2.49. The third-order valence-electron chi connectivity index (χ3n) is 3.53. The van der Waals surface area contributed by atoms with E-state index in [0.29, 0.717) is 11.9 Å². The fourth-order valence-corrected chi connectivity index (χ4v) is 4.87. The molecule has 0 bridgehead atoms. The Labute approximate surface area is 161 Å². The Hall–Kier alpha value is -1.71. The average molecular weight is 403 g/mol. The van der Waals surface area contributed by atoms with Gasteiger partial charge in [0.1, 0.15) is 4.70 Å². The molecule has 0 unspecified atom stereocenters. The number of fused-ring (bicyclic) bond motifs is 1. The van der Waals surface area contributed by atoms with E-state index in [9.17, 15) is 0 Å². The minimum absolute atomic E-state index is 0.427. The molecule has 7 heteroatoms. The van der Waals surface area contributed by atoms with Crippen molar-refractivity contribution in [1.82, 2.24) is 9.97 Å². The molecular formula is C19H26N2O2SSi2. The molecule has 1 aromatic carbocycles. The van der Waals surface area contributed by atoms with Gasteiger partial charge in [-0.25, -0.2) is 0 Å². The minimum atomic E-state index is -1.82. The van der Waals surface area contributed by atoms with E-state index in [4.69, 9.17) is 13.8 Å². The van der Waals surface area contributed by atoms with Crippen molar-refractivity contribution in [3.63, 3.8) is 0 Å². The van der Waals surface area contributed by atoms with Crippen molar-refractivity contribution < 1.29 is 8.85 Å². The number of benzene rings is 1. The lowest BCUT2D eigenvalue weighted by Crippen LogP contribution is -2.31. The lowest BCUT2D eigenvalue weighted by atomic mass is 10.1. The Morgan fingerprint density at radius 2 is 1.46 bits per heavy atom. The van der Waals surface area contributed by atoms with Crippen LogP contribution in [-0.2, 0) is 0 Å². The molecule has 0 amide bonds. The summed E-state index contributed by atoms with van der Waals surface area (Å²) < 4.78 is 13.4. The highest BCUT2D eigenvalue weighted by molar-refractivity contribution is 7.18. The van der Waals surface area contributed by atoms with Crippen LogP contribution >= 0.6 is 11.3 Å². The molecule has 4 nitrogen and oxygen atoms in total. The normalized spacial score (nSPS) is 12.4. The van der Waals surface area contributed by atoms with Gasteiger partial charge in [-0.1, -0.05) is 29.8 Å². The first-order valence-electron chi connectivity index (χ1n) is 8.76. The van der Waals surface area contributed by atoms with E-state index in [-0.39, 0.29) is 0 Å². The van der Waals surface area contributed by atoms with Gasteiger partial charge in [-0.15, -0.1) is 11.3 Å². The molecule has 3 rings (SSSR count). The van der Waals surface area contributed by atoms with E-state index in [1.165, 1.54) is 5.56 Å². The lowest BCUT2D eigenvalue weighted by Gasteiger charge is -2.21. The molecular weight excluding hydrogens is 376 g/mol. The van der Waals surface area contributed by atoms with Gasteiger partial charge in [0.05, 0.1) is 5.52 Å². The van der Waals surface area contributed by atoms with E-state index in [1.807, 2.05) is 0 Å². The maximum Gasteiger partial charge on any atom is 0.306 e. The molecule has 0 aliphatic rings. The number of nitrogens with zero attached hydrogens (tertiary/aromatic N) is 2. The molecule has 2 heterocycles. The third kappa shape index (κ3) is 4.52. The molecule has 138 valence electrons. The second-order valence-corrected chi connectivity index (χ2v) is 18.2. The minimum Gasteiger partial charge on any atom is -0.530 e. The molecule has 0 fully saturated rings. The van der Waals surface area contributed by atoms with E-state index < -0.39 is 16.6 Å². The molecule has 0 radical (unpaired) electrons. The second kappa shape index (κ2) is 6.79. The summed E-state index contributed by atoms with van der Waals surface area (Å²) in [4.78, 5) is 9.37. The van der Waals surface area contributed by atoms with Crippen molar-refractivity contribution in [3.8, 4) is 23.0 Å². The largest absolute Gasteiger partial charge is 0.530 e. The van der Waals surface area contributed by atoms with Gasteiger partial charge in [0, 0.05) is 10.9 Å². The van der Waals surface area contributed by atoms with E-state index in [2.05, 4.69) is 80.8 Å². The number of aromatic nitrogens is 2. The quantitative estimate of drug-likeness (QED) is 0.484. The predicted octanol–water partition coefficient (Wildman–Crippen LogP) is 6.09. The Bertz CT molecular complexity index is 926. The summed E-state index contributed by atoms with van der Waals surface area (Å²) in [5, 5.41) is 2.14. The van der Waals surface area contributed by atoms with Crippen molar-refractivity contribution in [2.45, 2.75) is 46.2 Å². The zero-order valence-corrected chi connectivity index (χ0v) is 19.3. The van der Waals surface area contributed by atoms with Crippen LogP contribution in [0.1, 0.15) is 5.56 Å². The number of hydrogen-bond donors (Lipinski definition) is 0. The molecule has 0 aliphatic carbocycles. The van der Waals surface area contributed by atoms with Gasteiger partial charge in [-0.3, -0.25) is 0 Å². The molecule has 0 saturated carbocycles. The number of thiophene rings is 1. The Kier molecular flexibility index (Phi) is 4.98. The zero-order chi connectivity index (χ0) is 19.1. The maximum absolute atomic E-state index is 6.27. The number of aryl methyl sites for hydroxylation is 1. The van der Waals surface area contributed by atoms with Crippen molar-refractivity contribution in [2.24, 2.45) is 0 Å². The van der Waals surface area contributed by atoms with Crippen molar-refractivity contribution in [3.05, 3.63) is 35.2 Å². The summed E-state index contributed by atoms with van der Waals surface area (Å²) in [6.07, 6.45) is 0. The van der Waals surface area contributed by atoms with Crippen LogP contribution in [0.3, 0.4) is 0 Å². The molecule has 0 N–H and O–H groups in total. The van der Waals surface area contributed by atoms with E-state index in [0.717, 1.165) is 21.3 Å². The van der Waals surface area contributed by atoms with Crippen LogP contribution < -0.4 is 8.85 Å². The Morgan fingerprint density at radius 3 is 2.04 bits per heavy atom. The SMILES string of the molecule is Cc1ccc(-c2csc3c(O[Si](C)(C)C)nc(O[Si](C)(C)C)nc23)cc1. The smallest absolute Gasteiger partial charge is 0.306 e. The summed E-state index contributed by atoms with van der Waals surface area (Å²) in [7, 11) is -3.62. The van der Waals surface area contributed by atoms with Gasteiger partial charge in [-0.2, -0.15) is 9.97 Å². The number of hydrogen-bond acceptors (Lipinski definition) is 5. The van der Waals surface area contributed by atoms with Gasteiger partial charge >= 0.3 is 6.01 Å². The first-order valence-corrected chi connectivity index (χ1v) is 16.5. The van der Waals surface area contributed by atoms with Crippen molar-refractivity contribution in [1.29, 1.82) is 0 Å². The van der Waals surface area contributed by atoms with Gasteiger partial charge < -0.3 is 8.85 Å². The molecule has 0 aliphatic heterocycles. The van der Waals surface area contributed by atoms with Gasteiger partial charge in [0.25, 0.3) is 0 Å². The summed E-state index contributed by atoms with van der Waals surface area (Å²) in [5.41, 5.74) is 4.41. The van der Waals surface area contributed by atoms with Crippen molar-refractivity contribution in [2.75, 3.05) is 0 Å². The van der Waals surface area contributed by atoms with Crippen LogP contribution in [0.5, 0.6) is 11.9 Å². The summed E-state index contributed by atoms with van der Waals surface area (Å²) in [6.45, 7) is 15.0. The third-order valence-corrected chi connectivity index (χ3v) is 6.08. The topological polar surface area (TPSA) is 44.2 Å². The standard InChI is InChI=1S/C19H26N2O2SSi2/c1-13-8-10-14(11-9-13)15-12-24-17-16(15)20-19(23-26(5,6)7)21-18(17)22-25(2,3)4/h8-12H,1-7H3. The molecule has 26 heavy (non-hydrogen) atoms. The Balaban J connectivity index is 2.18. The van der Waals surface area contributed by atoms with Crippen LogP contribution in [0.25, 0.3) is 21.3 Å². The molecule has 2 aromatic heterocycles. The monoisotopic (exact) mass is 402 g/mol. The van der Waals surface area contributed by atoms with Gasteiger partial charge in [0.2, 0.25) is 22.5 Å². The number of rotatable bonds is 5. The predicted molar refractivity (Wildman–Crippen MR) is 116 cm³/mol. The van der Waals surface area contributed by atoms with Crippen LogP contribution in [0, 0.1) is 6.92 Å². The molecule has 3 aromatic rings. The maximum atomic E-state index is 6.27. The molecule has 0 atom stereocenters. The lowest BCUT2D eigenvalue weighted by molar-refractivity contribution is 0.483. The van der Waals surface area contributed by atoms with E-state index >= 15 is 0 Å². The summed E-state index contributed by atoms with van der Waals surface area (Å²) >= 11 is 1.63. The second-order valence-electron chi connectivity index (χ2n) is 8.43. The van der Waals surface area contributed by atoms with Crippen molar-refractivity contribution >= 4 is 38.2 Å². The van der Waals surface area contributed by atoms with Crippen LogP contribution in [0.2, 0.25) is 39.3 Å². The molecule has 0 spiro atoms. The highest BCUT2D eigenvalue weighted by atomic mass is 32.1. The zero-order valence-electron chi connectivity index (χ0n) is 16.5. The summed E-state index contributed by atoms with van der Waals surface area (Å²) in [6, 6.07) is 8.95. The van der Waals surface area contributed by atoms with Crippen LogP contribution in [0.4, 0.5) is 0 Å². The highest BCUT2D eigenvalue weighted by Crippen LogP contribution is 2.39. The van der Waals surface area contributed by atoms with Gasteiger partial charge in [-0.05, 0) is 51.8 Å². The van der Waals surface area contributed by atoms with E-state index in [1.54, 1.807) is 11.3 Å². The van der Waals surface area contributed by atoms with Gasteiger partial charge in [0.15, 0.2) is 0 Å². The average Bonchev–Trinajstić information content (AvgIpc) is 2.89. The summed E-state index contributed by atoms with van der Waals surface area (Å²) in [5.74, 6) is 0.658. The first kappa shape index (κ1) is 19.1. The highest BCUT2D eigenvalue weighted by Gasteiger charge is 2.25. The van der Waals surface area contributed by atoms with Crippen LogP contribution in [0.15, 0.2) is 29.6 Å². The molecule has 0 saturated heterocycles. The fraction of sp³-hybridized carbons (Fsp3) is 0.368. The van der Waals surface area contributed by atoms with Crippen LogP contribution in [-0.4, -0.2) is 26.6 Å². The first-order chi connectivity index (χ1) is 12.0.